The third kappa shape index (κ3) is 10.2. The van der Waals surface area contributed by atoms with Crippen LogP contribution in [0.25, 0.3) is 0 Å². The molecule has 0 aromatic carbocycles. The maximum Gasteiger partial charge on any atom is 0.311 e. The number of nitrogens with one attached hydrogen (secondary N) is 1. The van der Waals surface area contributed by atoms with Gasteiger partial charge in [0.15, 0.2) is 12.6 Å². The molecule has 0 aliphatic carbocycles. The molecule has 0 spiro atoms. The number of hydrogen-bond donors (Lipinski definition) is 6. The maximum absolute atomic E-state index is 14.1. The van der Waals surface area contributed by atoms with Gasteiger partial charge in [-0.2, -0.15) is 0 Å². The first-order chi connectivity index (χ1) is 23.5. The minimum atomic E-state index is -1.78. The predicted octanol–water partition coefficient (Wildman–Crippen LogP) is 1.56. The monoisotopic (exact) mass is 734 g/mol. The second-order valence-corrected chi connectivity index (χ2v) is 16.7. The van der Waals surface area contributed by atoms with E-state index >= 15 is 0 Å². The van der Waals surface area contributed by atoms with E-state index in [1.807, 2.05) is 39.8 Å². The van der Waals surface area contributed by atoms with Gasteiger partial charge in [-0.3, -0.25) is 4.79 Å². The van der Waals surface area contributed by atoms with Gasteiger partial charge in [0.1, 0.15) is 23.9 Å². The fourth-order valence-electron chi connectivity index (χ4n) is 8.35. The van der Waals surface area contributed by atoms with Crippen LogP contribution in [0.2, 0.25) is 0 Å². The number of nitrogens with zero attached hydrogens (tertiary/aromatic N) is 1. The summed E-state index contributed by atoms with van der Waals surface area (Å²) < 4.78 is 37.4. The molecule has 51 heavy (non-hydrogen) atoms. The number of carbonyl (C=O) groups excluding carboxylic acids is 1. The summed E-state index contributed by atoms with van der Waals surface area (Å²) in [7, 11) is 5.26. The van der Waals surface area contributed by atoms with Crippen molar-refractivity contribution in [3.8, 4) is 0 Å². The molecule has 18 atom stereocenters. The predicted molar refractivity (Wildman–Crippen MR) is 190 cm³/mol. The van der Waals surface area contributed by atoms with Crippen LogP contribution in [0.3, 0.4) is 0 Å². The average Bonchev–Trinajstić information content (AvgIpc) is 3.05. The maximum atomic E-state index is 14.1. The fraction of sp³-hybridized carbons (Fsp3) is 0.973. The molecule has 3 aliphatic rings. The zero-order chi connectivity index (χ0) is 38.8. The number of carbonyl (C=O) groups is 1. The molecule has 3 rings (SSSR count). The standard InChI is InChI=1S/C37H70N2O12/c1-14-26-37(10,45)30(41)19(2)18-38-20(3)16-35(8,44)32(51-34-28(40)25(39(11)12)15-21(4)47-34)22(5)29(23(6)33(43)49-26)50-27-17-36(9,46-13)31(42)24(7)48-27/h19-32,34,38,40-42,44-45H,14-18H2,1-13H3/t19-,20+,21+,22-,23+,24-,25-,26+,27-,28+,29-,30+,31-,32+,34-,35+,36+,37-/m0/s1. The second-order valence-electron chi connectivity index (χ2n) is 16.7. The lowest BCUT2D eigenvalue weighted by Gasteiger charge is -2.48. The fourth-order valence-corrected chi connectivity index (χ4v) is 8.35. The molecule has 0 unspecified atom stereocenters. The number of ether oxygens (including phenoxy) is 6. The number of cyclic esters (lactones) is 1. The molecule has 14 heteroatoms. The van der Waals surface area contributed by atoms with Crippen LogP contribution in [-0.2, 0) is 33.2 Å². The van der Waals surface area contributed by atoms with Crippen LogP contribution in [-0.4, -0.2) is 154 Å². The normalized spacial score (nSPS) is 49.9. The summed E-state index contributed by atoms with van der Waals surface area (Å²) in [5, 5.41) is 61.1. The van der Waals surface area contributed by atoms with Gasteiger partial charge in [-0.05, 0) is 87.7 Å². The van der Waals surface area contributed by atoms with Crippen LogP contribution >= 0.6 is 0 Å². The van der Waals surface area contributed by atoms with Crippen LogP contribution in [0.15, 0.2) is 0 Å². The number of esters is 1. The number of rotatable bonds is 7. The van der Waals surface area contributed by atoms with Gasteiger partial charge in [0.05, 0.1) is 47.6 Å². The number of methoxy groups -OCH3 is 1. The second kappa shape index (κ2) is 17.6. The smallest absolute Gasteiger partial charge is 0.311 e. The highest BCUT2D eigenvalue weighted by atomic mass is 16.7. The molecule has 3 aliphatic heterocycles. The first kappa shape index (κ1) is 44.4. The highest BCUT2D eigenvalue weighted by molar-refractivity contribution is 5.73. The summed E-state index contributed by atoms with van der Waals surface area (Å²) in [4.78, 5) is 16.1. The summed E-state index contributed by atoms with van der Waals surface area (Å²) in [6, 6.07) is -0.568. The van der Waals surface area contributed by atoms with Crippen molar-refractivity contribution in [2.45, 2.75) is 185 Å². The van der Waals surface area contributed by atoms with Gasteiger partial charge >= 0.3 is 5.97 Å². The van der Waals surface area contributed by atoms with Gasteiger partial charge in [0, 0.05) is 38.1 Å². The van der Waals surface area contributed by atoms with Crippen molar-refractivity contribution in [2.24, 2.45) is 17.8 Å². The summed E-state index contributed by atoms with van der Waals surface area (Å²) in [5.74, 6) is -2.90. The Morgan fingerprint density at radius 1 is 0.941 bits per heavy atom. The quantitative estimate of drug-likeness (QED) is 0.207. The molecule has 0 radical (unpaired) electrons. The lowest BCUT2D eigenvalue weighted by Crippen LogP contribution is -2.60. The number of aliphatic hydroxyl groups is 5. The van der Waals surface area contributed by atoms with Crippen molar-refractivity contribution >= 4 is 5.97 Å². The number of hydrogen-bond acceptors (Lipinski definition) is 14. The molecule has 3 fully saturated rings. The zero-order valence-electron chi connectivity index (χ0n) is 33.2. The molecule has 0 saturated carbocycles. The molecule has 6 N–H and O–H groups in total. The van der Waals surface area contributed by atoms with E-state index in [2.05, 4.69) is 5.32 Å². The lowest BCUT2D eigenvalue weighted by molar-refractivity contribution is -0.317. The summed E-state index contributed by atoms with van der Waals surface area (Å²) in [5.41, 5.74) is -4.38. The van der Waals surface area contributed by atoms with E-state index in [0.717, 1.165) is 0 Å². The van der Waals surface area contributed by atoms with Crippen LogP contribution in [0.1, 0.15) is 94.9 Å². The first-order valence-corrected chi connectivity index (χ1v) is 18.8. The Morgan fingerprint density at radius 2 is 1.57 bits per heavy atom. The minimum absolute atomic E-state index is 0.131. The third-order valence-electron chi connectivity index (χ3n) is 11.7. The van der Waals surface area contributed by atoms with Crippen molar-refractivity contribution in [2.75, 3.05) is 27.7 Å². The van der Waals surface area contributed by atoms with E-state index in [-0.39, 0.29) is 37.5 Å². The average molecular weight is 735 g/mol. The van der Waals surface area contributed by atoms with Crippen LogP contribution in [0, 0.1) is 17.8 Å². The van der Waals surface area contributed by atoms with Gasteiger partial charge in [-0.25, -0.2) is 0 Å². The van der Waals surface area contributed by atoms with Gasteiger partial charge < -0.3 is 64.2 Å². The largest absolute Gasteiger partial charge is 0.459 e. The van der Waals surface area contributed by atoms with E-state index in [1.54, 1.807) is 41.5 Å². The van der Waals surface area contributed by atoms with Crippen molar-refractivity contribution in [3.05, 3.63) is 0 Å². The SMILES string of the molecule is CC[C@H]1OC(=O)[C@H](C)[C@@H](O[C@H]2C[C@@](C)(OC)[C@@H](O)[C@H](C)O2)[C@H](C)[C@@H](O[C@@H]2O[C@H](C)C[C@H](N(C)C)[C@H]2O)[C@](C)(O)C[C@@H](C)NC[C@H](C)[C@@H](O)[C@@]1(C)O. The Hall–Kier alpha value is -1.01. The molecule has 0 bridgehead atoms. The van der Waals surface area contributed by atoms with Gasteiger partial charge in [-0.15, -0.1) is 0 Å². The molecule has 300 valence electrons. The van der Waals surface area contributed by atoms with E-state index in [4.69, 9.17) is 28.4 Å². The highest BCUT2D eigenvalue weighted by Crippen LogP contribution is 2.39. The van der Waals surface area contributed by atoms with E-state index in [1.165, 1.54) is 14.0 Å². The number of likely N-dealkylation sites (N-methyl/N-ethyl adjacent to an activating group) is 1. The number of aliphatic hydroxyl groups excluding tert-OH is 3. The van der Waals surface area contributed by atoms with Crippen LogP contribution in [0.5, 0.6) is 0 Å². The third-order valence-corrected chi connectivity index (χ3v) is 11.7. The van der Waals surface area contributed by atoms with Crippen molar-refractivity contribution in [1.82, 2.24) is 10.2 Å². The van der Waals surface area contributed by atoms with Crippen molar-refractivity contribution in [1.29, 1.82) is 0 Å². The molecule has 3 saturated heterocycles. The summed E-state index contributed by atoms with van der Waals surface area (Å²) >= 11 is 0. The van der Waals surface area contributed by atoms with Crippen molar-refractivity contribution < 1.29 is 58.7 Å². The molecular formula is C37H70N2O12. The van der Waals surface area contributed by atoms with Crippen LogP contribution in [0.4, 0.5) is 0 Å². The van der Waals surface area contributed by atoms with Gasteiger partial charge in [-0.1, -0.05) is 20.8 Å². The Bertz CT molecular complexity index is 1110. The molecular weight excluding hydrogens is 664 g/mol. The Balaban J connectivity index is 2.15. The highest BCUT2D eigenvalue weighted by Gasteiger charge is 2.52. The van der Waals surface area contributed by atoms with Crippen molar-refractivity contribution in [3.63, 3.8) is 0 Å². The summed E-state index contributed by atoms with van der Waals surface area (Å²) in [6.07, 6.45) is -8.23. The Labute approximate surface area is 305 Å². The van der Waals surface area contributed by atoms with Gasteiger partial charge in [0.25, 0.3) is 0 Å². The summed E-state index contributed by atoms with van der Waals surface area (Å²) in [6.45, 7) is 17.7. The Morgan fingerprint density at radius 3 is 2.14 bits per heavy atom. The topological polar surface area (TPSA) is 189 Å². The van der Waals surface area contributed by atoms with Gasteiger partial charge in [0.2, 0.25) is 0 Å². The molecule has 0 amide bonds. The Kier molecular flexibility index (Phi) is 15.3. The minimum Gasteiger partial charge on any atom is -0.459 e. The van der Waals surface area contributed by atoms with Crippen LogP contribution < -0.4 is 5.32 Å². The lowest BCUT2D eigenvalue weighted by atomic mass is 9.78. The molecule has 0 aromatic heterocycles. The molecule has 0 aromatic rings. The molecule has 14 nitrogen and oxygen atoms in total. The van der Waals surface area contributed by atoms with E-state index in [0.29, 0.717) is 13.0 Å². The van der Waals surface area contributed by atoms with E-state index in [9.17, 15) is 30.3 Å². The molecule has 3 heterocycles. The van der Waals surface area contributed by atoms with E-state index < -0.39 is 95.8 Å². The first-order valence-electron chi connectivity index (χ1n) is 18.8. The zero-order valence-corrected chi connectivity index (χ0v) is 33.2.